The van der Waals surface area contributed by atoms with Gasteiger partial charge in [0.05, 0.1) is 12.7 Å². The number of aliphatic hydroxyl groups excluding tert-OH is 1. The monoisotopic (exact) mass is 281 g/mol. The SMILES string of the molecule is CC1CN(Cc2cc(Cl)cc3c2OCC3)CCC1O. The predicted molar refractivity (Wildman–Crippen MR) is 75.7 cm³/mol. The van der Waals surface area contributed by atoms with Crippen molar-refractivity contribution >= 4 is 11.6 Å². The van der Waals surface area contributed by atoms with Crippen molar-refractivity contribution in [3.63, 3.8) is 0 Å². The Bertz CT molecular complexity index is 477. The van der Waals surface area contributed by atoms with Gasteiger partial charge in [0.25, 0.3) is 0 Å². The number of nitrogens with zero attached hydrogens (tertiary/aromatic N) is 1. The highest BCUT2D eigenvalue weighted by Crippen LogP contribution is 2.34. The summed E-state index contributed by atoms with van der Waals surface area (Å²) in [5, 5.41) is 10.6. The van der Waals surface area contributed by atoms with E-state index in [1.165, 1.54) is 11.1 Å². The zero-order valence-corrected chi connectivity index (χ0v) is 12.0. The number of benzene rings is 1. The summed E-state index contributed by atoms with van der Waals surface area (Å²) in [5.41, 5.74) is 2.41. The Hall–Kier alpha value is -0.770. The van der Waals surface area contributed by atoms with Crippen LogP contribution in [0, 0.1) is 5.92 Å². The van der Waals surface area contributed by atoms with E-state index in [1.807, 2.05) is 12.1 Å². The third-order valence-corrected chi connectivity index (χ3v) is 4.38. The second-order valence-corrected chi connectivity index (χ2v) is 6.16. The lowest BCUT2D eigenvalue weighted by molar-refractivity contribution is 0.0318. The molecule has 3 nitrogen and oxygen atoms in total. The number of aliphatic hydroxyl groups is 1. The fourth-order valence-electron chi connectivity index (χ4n) is 3.07. The van der Waals surface area contributed by atoms with E-state index in [9.17, 15) is 5.11 Å². The van der Waals surface area contributed by atoms with Gasteiger partial charge in [-0.15, -0.1) is 0 Å². The average molecular weight is 282 g/mol. The van der Waals surface area contributed by atoms with E-state index in [2.05, 4.69) is 11.8 Å². The summed E-state index contributed by atoms with van der Waals surface area (Å²) in [6.07, 6.45) is 1.65. The van der Waals surface area contributed by atoms with Crippen LogP contribution in [0.4, 0.5) is 0 Å². The van der Waals surface area contributed by atoms with Crippen LogP contribution in [-0.4, -0.2) is 35.8 Å². The molecule has 0 amide bonds. The standard InChI is InChI=1S/C15H20ClNO2/c1-10-8-17(4-2-14(10)18)9-12-7-13(16)6-11-3-5-19-15(11)12/h6-7,10,14,18H,2-5,8-9H2,1H3. The van der Waals surface area contributed by atoms with Crippen LogP contribution in [0.5, 0.6) is 5.75 Å². The molecule has 104 valence electrons. The second-order valence-electron chi connectivity index (χ2n) is 5.72. The van der Waals surface area contributed by atoms with Crippen LogP contribution in [0.25, 0.3) is 0 Å². The van der Waals surface area contributed by atoms with E-state index in [0.717, 1.165) is 49.9 Å². The summed E-state index contributed by atoms with van der Waals surface area (Å²) in [6, 6.07) is 4.03. The van der Waals surface area contributed by atoms with E-state index in [0.29, 0.717) is 5.92 Å². The molecular weight excluding hydrogens is 262 g/mol. The number of rotatable bonds is 2. The van der Waals surface area contributed by atoms with Gasteiger partial charge in [0, 0.05) is 36.6 Å². The van der Waals surface area contributed by atoms with Gasteiger partial charge in [-0.3, -0.25) is 4.90 Å². The summed E-state index contributed by atoms with van der Waals surface area (Å²) in [7, 11) is 0. The van der Waals surface area contributed by atoms with E-state index < -0.39 is 0 Å². The van der Waals surface area contributed by atoms with Gasteiger partial charge >= 0.3 is 0 Å². The van der Waals surface area contributed by atoms with Gasteiger partial charge < -0.3 is 9.84 Å². The average Bonchev–Trinajstić information content (AvgIpc) is 2.82. The fourth-order valence-corrected chi connectivity index (χ4v) is 3.33. The van der Waals surface area contributed by atoms with Crippen molar-refractivity contribution in [1.82, 2.24) is 4.90 Å². The van der Waals surface area contributed by atoms with Crippen molar-refractivity contribution in [2.75, 3.05) is 19.7 Å². The zero-order valence-electron chi connectivity index (χ0n) is 11.2. The molecule has 2 aliphatic heterocycles. The first-order valence-electron chi connectivity index (χ1n) is 6.98. The van der Waals surface area contributed by atoms with E-state index in [1.54, 1.807) is 0 Å². The van der Waals surface area contributed by atoms with Gasteiger partial charge in [-0.25, -0.2) is 0 Å². The highest BCUT2D eigenvalue weighted by molar-refractivity contribution is 6.30. The molecule has 0 saturated carbocycles. The Morgan fingerprint density at radius 3 is 3.11 bits per heavy atom. The number of halogens is 1. The molecule has 1 saturated heterocycles. The maximum atomic E-state index is 9.79. The Morgan fingerprint density at radius 1 is 1.47 bits per heavy atom. The van der Waals surface area contributed by atoms with Gasteiger partial charge in [0.15, 0.2) is 0 Å². The smallest absolute Gasteiger partial charge is 0.127 e. The Balaban J connectivity index is 1.77. The topological polar surface area (TPSA) is 32.7 Å². The number of hydrogen-bond donors (Lipinski definition) is 1. The van der Waals surface area contributed by atoms with Gasteiger partial charge in [-0.05, 0) is 30.0 Å². The molecule has 19 heavy (non-hydrogen) atoms. The molecule has 3 rings (SSSR count). The van der Waals surface area contributed by atoms with Crippen LogP contribution >= 0.6 is 11.6 Å². The molecule has 0 bridgehead atoms. The van der Waals surface area contributed by atoms with Crippen LogP contribution in [0.2, 0.25) is 5.02 Å². The lowest BCUT2D eigenvalue weighted by atomic mass is 9.96. The molecule has 0 aliphatic carbocycles. The molecule has 1 aromatic rings. The first-order chi connectivity index (χ1) is 9.13. The first kappa shape index (κ1) is 13.2. The minimum Gasteiger partial charge on any atom is -0.493 e. The third-order valence-electron chi connectivity index (χ3n) is 4.16. The molecule has 1 aromatic carbocycles. The van der Waals surface area contributed by atoms with Crippen LogP contribution in [0.1, 0.15) is 24.5 Å². The Kier molecular flexibility index (Phi) is 3.70. The van der Waals surface area contributed by atoms with Gasteiger partial charge in [-0.2, -0.15) is 0 Å². The van der Waals surface area contributed by atoms with Gasteiger partial charge in [-0.1, -0.05) is 18.5 Å². The molecule has 2 atom stereocenters. The minimum atomic E-state index is -0.155. The van der Waals surface area contributed by atoms with Crippen molar-refractivity contribution in [1.29, 1.82) is 0 Å². The molecule has 2 heterocycles. The lowest BCUT2D eigenvalue weighted by Gasteiger charge is -2.34. The molecule has 0 radical (unpaired) electrons. The van der Waals surface area contributed by atoms with Crippen LogP contribution in [0.3, 0.4) is 0 Å². The molecule has 0 aromatic heterocycles. The molecule has 2 unspecified atom stereocenters. The Morgan fingerprint density at radius 2 is 2.32 bits per heavy atom. The highest BCUT2D eigenvalue weighted by atomic mass is 35.5. The van der Waals surface area contributed by atoms with E-state index >= 15 is 0 Å². The summed E-state index contributed by atoms with van der Waals surface area (Å²) < 4.78 is 5.74. The summed E-state index contributed by atoms with van der Waals surface area (Å²) >= 11 is 6.18. The molecular formula is C15H20ClNO2. The molecule has 4 heteroatoms. The number of piperidine rings is 1. The number of fused-ring (bicyclic) bond motifs is 1. The van der Waals surface area contributed by atoms with Crippen LogP contribution in [-0.2, 0) is 13.0 Å². The van der Waals surface area contributed by atoms with Crippen LogP contribution < -0.4 is 4.74 Å². The molecule has 1 N–H and O–H groups in total. The summed E-state index contributed by atoms with van der Waals surface area (Å²) in [5.74, 6) is 1.37. The van der Waals surface area contributed by atoms with E-state index in [4.69, 9.17) is 16.3 Å². The maximum absolute atomic E-state index is 9.79. The number of likely N-dealkylation sites (tertiary alicyclic amines) is 1. The normalized spacial score (nSPS) is 27.1. The largest absolute Gasteiger partial charge is 0.493 e. The first-order valence-corrected chi connectivity index (χ1v) is 7.36. The lowest BCUT2D eigenvalue weighted by Crippen LogP contribution is -2.41. The fraction of sp³-hybridized carbons (Fsp3) is 0.600. The quantitative estimate of drug-likeness (QED) is 0.904. The van der Waals surface area contributed by atoms with Gasteiger partial charge in [0.1, 0.15) is 5.75 Å². The van der Waals surface area contributed by atoms with Crippen molar-refractivity contribution in [2.24, 2.45) is 5.92 Å². The van der Waals surface area contributed by atoms with Crippen molar-refractivity contribution < 1.29 is 9.84 Å². The Labute approximate surface area is 119 Å². The zero-order chi connectivity index (χ0) is 13.4. The van der Waals surface area contributed by atoms with Crippen molar-refractivity contribution in [2.45, 2.75) is 32.4 Å². The maximum Gasteiger partial charge on any atom is 0.127 e. The van der Waals surface area contributed by atoms with Crippen molar-refractivity contribution in [3.05, 3.63) is 28.3 Å². The third kappa shape index (κ3) is 2.73. The number of hydrogen-bond acceptors (Lipinski definition) is 3. The highest BCUT2D eigenvalue weighted by Gasteiger charge is 2.26. The summed E-state index contributed by atoms with van der Waals surface area (Å²) in [6.45, 7) is 5.60. The summed E-state index contributed by atoms with van der Waals surface area (Å²) in [4.78, 5) is 2.38. The minimum absolute atomic E-state index is 0.155. The predicted octanol–water partition coefficient (Wildman–Crippen LogP) is 2.48. The van der Waals surface area contributed by atoms with Crippen molar-refractivity contribution in [3.8, 4) is 5.75 Å². The molecule has 0 spiro atoms. The molecule has 2 aliphatic rings. The van der Waals surface area contributed by atoms with Gasteiger partial charge in [0.2, 0.25) is 0 Å². The molecule has 1 fully saturated rings. The van der Waals surface area contributed by atoms with Crippen LogP contribution in [0.15, 0.2) is 12.1 Å². The van der Waals surface area contributed by atoms with E-state index in [-0.39, 0.29) is 6.10 Å². The second kappa shape index (κ2) is 5.31. The number of ether oxygens (including phenoxy) is 1.